The predicted molar refractivity (Wildman–Crippen MR) is 131 cm³/mol. The summed E-state index contributed by atoms with van der Waals surface area (Å²) in [4.78, 5) is 52.3. The number of hydrogen-bond acceptors (Lipinski definition) is 5. The summed E-state index contributed by atoms with van der Waals surface area (Å²) in [5.41, 5.74) is 1.06. The smallest absolute Gasteiger partial charge is 0.326 e. The average molecular weight is 479 g/mol. The molecule has 1 aliphatic rings. The fourth-order valence-electron chi connectivity index (χ4n) is 3.76. The molecule has 0 radical (unpaired) electrons. The average Bonchev–Trinajstić information content (AvgIpc) is 2.77. The van der Waals surface area contributed by atoms with E-state index in [1.165, 1.54) is 16.7 Å². The first kappa shape index (κ1) is 26.5. The van der Waals surface area contributed by atoms with Crippen molar-refractivity contribution in [3.63, 3.8) is 0 Å². The van der Waals surface area contributed by atoms with Gasteiger partial charge in [-0.05, 0) is 42.4 Å². The molecule has 9 nitrogen and oxygen atoms in total. The van der Waals surface area contributed by atoms with Crippen molar-refractivity contribution >= 4 is 47.0 Å². The van der Waals surface area contributed by atoms with Crippen LogP contribution in [0.1, 0.15) is 40.5 Å². The van der Waals surface area contributed by atoms with Gasteiger partial charge in [0.15, 0.2) is 0 Å². The fourth-order valence-corrected chi connectivity index (χ4v) is 4.23. The minimum absolute atomic E-state index is 0.178. The lowest BCUT2D eigenvalue weighted by Gasteiger charge is -2.39. The van der Waals surface area contributed by atoms with Crippen molar-refractivity contribution in [3.05, 3.63) is 24.3 Å². The number of thioether (sulfide) groups is 1. The highest BCUT2D eigenvalue weighted by molar-refractivity contribution is 7.98. The Kier molecular flexibility index (Phi) is 9.57. The molecule has 4 amide bonds. The lowest BCUT2D eigenvalue weighted by molar-refractivity contribution is -0.142. The first-order chi connectivity index (χ1) is 15.6. The van der Waals surface area contributed by atoms with E-state index in [-0.39, 0.29) is 24.2 Å². The first-order valence-corrected chi connectivity index (χ1v) is 12.5. The Bertz CT molecular complexity index is 878. The summed E-state index contributed by atoms with van der Waals surface area (Å²) in [6.45, 7) is 7.40. The number of para-hydroxylation sites is 2. The molecule has 10 heteroatoms. The molecule has 1 heterocycles. The van der Waals surface area contributed by atoms with E-state index >= 15 is 0 Å². The van der Waals surface area contributed by atoms with Crippen LogP contribution in [0, 0.1) is 11.8 Å². The van der Waals surface area contributed by atoms with Gasteiger partial charge < -0.3 is 21.1 Å². The van der Waals surface area contributed by atoms with Crippen LogP contribution in [-0.4, -0.2) is 59.1 Å². The molecule has 0 unspecified atom stereocenters. The highest BCUT2D eigenvalue weighted by atomic mass is 32.2. The van der Waals surface area contributed by atoms with E-state index in [4.69, 9.17) is 0 Å². The van der Waals surface area contributed by atoms with Crippen molar-refractivity contribution in [1.29, 1.82) is 0 Å². The lowest BCUT2D eigenvalue weighted by atomic mass is 9.96. The maximum atomic E-state index is 13.5. The van der Waals surface area contributed by atoms with Gasteiger partial charge in [-0.3, -0.25) is 14.5 Å². The van der Waals surface area contributed by atoms with Crippen molar-refractivity contribution < 1.29 is 24.3 Å². The van der Waals surface area contributed by atoms with Crippen molar-refractivity contribution in [3.8, 4) is 0 Å². The zero-order valence-corrected chi connectivity index (χ0v) is 20.6. The van der Waals surface area contributed by atoms with E-state index in [9.17, 15) is 24.3 Å². The van der Waals surface area contributed by atoms with Crippen LogP contribution in [0.4, 0.5) is 16.2 Å². The maximum absolute atomic E-state index is 13.5. The Balaban J connectivity index is 2.32. The minimum atomic E-state index is -1.12. The number of rotatable bonds is 10. The van der Waals surface area contributed by atoms with Crippen LogP contribution in [0.3, 0.4) is 0 Å². The quantitative estimate of drug-likeness (QED) is 0.409. The highest BCUT2D eigenvalue weighted by Crippen LogP contribution is 2.34. The van der Waals surface area contributed by atoms with E-state index in [2.05, 4.69) is 16.0 Å². The van der Waals surface area contributed by atoms with E-state index in [1.807, 2.05) is 34.0 Å². The zero-order valence-electron chi connectivity index (χ0n) is 19.8. The second kappa shape index (κ2) is 11.9. The summed E-state index contributed by atoms with van der Waals surface area (Å²) in [5.74, 6) is -1.83. The van der Waals surface area contributed by atoms with Crippen LogP contribution in [0.15, 0.2) is 24.3 Å². The molecule has 0 fully saturated rings. The second-order valence-corrected chi connectivity index (χ2v) is 9.54. The van der Waals surface area contributed by atoms with Gasteiger partial charge in [-0.2, -0.15) is 11.8 Å². The monoisotopic (exact) mass is 478 g/mol. The number of carboxylic acids is 1. The van der Waals surface area contributed by atoms with Gasteiger partial charge in [-0.1, -0.05) is 46.2 Å². The number of carbonyl (C=O) groups excluding carboxylic acids is 3. The molecule has 1 aliphatic heterocycles. The van der Waals surface area contributed by atoms with Crippen LogP contribution < -0.4 is 20.9 Å². The number of amides is 4. The maximum Gasteiger partial charge on any atom is 0.326 e. The predicted octanol–water partition coefficient (Wildman–Crippen LogP) is 2.92. The van der Waals surface area contributed by atoms with Crippen LogP contribution in [0.2, 0.25) is 0 Å². The Morgan fingerprint density at radius 3 is 2.42 bits per heavy atom. The van der Waals surface area contributed by atoms with Gasteiger partial charge in [0.2, 0.25) is 11.8 Å². The molecule has 2 rings (SSSR count). The molecule has 0 saturated heterocycles. The molecule has 182 valence electrons. The second-order valence-electron chi connectivity index (χ2n) is 8.56. The van der Waals surface area contributed by atoms with Crippen molar-refractivity contribution in [2.45, 2.75) is 58.7 Å². The van der Waals surface area contributed by atoms with Crippen LogP contribution in [0.25, 0.3) is 0 Å². The van der Waals surface area contributed by atoms with Crippen molar-refractivity contribution in [2.24, 2.45) is 11.8 Å². The summed E-state index contributed by atoms with van der Waals surface area (Å²) in [6, 6.07) is 3.66. The van der Waals surface area contributed by atoms with Gasteiger partial charge in [-0.15, -0.1) is 0 Å². The number of urea groups is 1. The van der Waals surface area contributed by atoms with Crippen LogP contribution in [-0.2, 0) is 14.4 Å². The van der Waals surface area contributed by atoms with Gasteiger partial charge in [0.1, 0.15) is 18.1 Å². The Labute approximate surface area is 199 Å². The summed E-state index contributed by atoms with van der Waals surface area (Å²) in [5, 5.41) is 17.7. The van der Waals surface area contributed by atoms with Crippen LogP contribution in [0.5, 0.6) is 0 Å². The summed E-state index contributed by atoms with van der Waals surface area (Å²) >= 11 is 1.49. The number of fused-ring (bicyclic) bond motifs is 1. The van der Waals surface area contributed by atoms with Gasteiger partial charge in [-0.25, -0.2) is 9.59 Å². The fraction of sp³-hybridized carbons (Fsp3) is 0.565. The Morgan fingerprint density at radius 1 is 1.18 bits per heavy atom. The summed E-state index contributed by atoms with van der Waals surface area (Å²) in [7, 11) is 0. The van der Waals surface area contributed by atoms with Gasteiger partial charge >= 0.3 is 12.0 Å². The van der Waals surface area contributed by atoms with Gasteiger partial charge in [0, 0.05) is 0 Å². The molecule has 0 spiro atoms. The number of anilines is 2. The SMILES string of the molecule is CC[C@@H](C)[C@H](NC(=O)N1c2ccccc2NC(=O)[C@@H]1C(C)C)C(=O)N[C@H](CCSC)C(=O)O. The number of carbonyl (C=O) groups is 4. The Morgan fingerprint density at radius 2 is 1.85 bits per heavy atom. The molecular formula is C23H34N4O5S. The Hall–Kier alpha value is -2.75. The third kappa shape index (κ3) is 6.40. The summed E-state index contributed by atoms with van der Waals surface area (Å²) in [6.07, 6.45) is 2.73. The number of hydrogen-bond donors (Lipinski definition) is 4. The molecule has 0 aromatic heterocycles. The van der Waals surface area contributed by atoms with E-state index in [0.717, 1.165) is 0 Å². The topological polar surface area (TPSA) is 128 Å². The number of nitrogens with one attached hydrogen (secondary N) is 3. The molecule has 1 aromatic carbocycles. The van der Waals surface area contributed by atoms with E-state index in [1.54, 1.807) is 24.3 Å². The number of nitrogens with zero attached hydrogens (tertiary/aromatic N) is 1. The molecule has 0 aliphatic carbocycles. The molecule has 4 N–H and O–H groups in total. The normalized spacial score (nSPS) is 18.1. The lowest BCUT2D eigenvalue weighted by Crippen LogP contribution is -2.61. The standard InChI is InChI=1S/C23H34N4O5S/c1-6-14(4)18(20(28)25-16(22(30)31)11-12-33-5)26-23(32)27-17-10-8-7-9-15(17)24-21(29)19(27)13(2)3/h7-10,13-14,16,18-19H,6,11-12H2,1-5H3,(H,24,29)(H,25,28)(H,26,32)(H,30,31)/t14-,16-,18+,19+/m1/s1. The number of carboxylic acid groups (broad SMARTS) is 1. The molecular weight excluding hydrogens is 444 g/mol. The number of benzene rings is 1. The largest absolute Gasteiger partial charge is 0.480 e. The van der Waals surface area contributed by atoms with E-state index in [0.29, 0.717) is 23.5 Å². The molecule has 4 atom stereocenters. The zero-order chi connectivity index (χ0) is 24.7. The van der Waals surface area contributed by atoms with Gasteiger partial charge in [0.25, 0.3) is 0 Å². The third-order valence-electron chi connectivity index (χ3n) is 5.82. The minimum Gasteiger partial charge on any atom is -0.480 e. The highest BCUT2D eigenvalue weighted by Gasteiger charge is 2.40. The van der Waals surface area contributed by atoms with Gasteiger partial charge in [0.05, 0.1) is 11.4 Å². The molecule has 33 heavy (non-hydrogen) atoms. The molecule has 0 bridgehead atoms. The molecule has 0 saturated carbocycles. The number of aliphatic carboxylic acids is 1. The van der Waals surface area contributed by atoms with Crippen LogP contribution >= 0.6 is 11.8 Å². The van der Waals surface area contributed by atoms with Crippen molar-refractivity contribution in [1.82, 2.24) is 10.6 Å². The first-order valence-electron chi connectivity index (χ1n) is 11.1. The summed E-state index contributed by atoms with van der Waals surface area (Å²) < 4.78 is 0. The van der Waals surface area contributed by atoms with E-state index < -0.39 is 36.0 Å². The third-order valence-corrected chi connectivity index (χ3v) is 6.46. The van der Waals surface area contributed by atoms with Crippen molar-refractivity contribution in [2.75, 3.05) is 22.2 Å². The molecule has 1 aromatic rings.